The third kappa shape index (κ3) is 3.62. The van der Waals surface area contributed by atoms with Gasteiger partial charge in [0.1, 0.15) is 34.3 Å². The van der Waals surface area contributed by atoms with E-state index in [4.69, 9.17) is 4.42 Å². The molecule has 150 valence electrons. The number of halogens is 3. The number of fused-ring (bicyclic) bond motifs is 1. The summed E-state index contributed by atoms with van der Waals surface area (Å²) < 4.78 is 46.6. The Labute approximate surface area is 168 Å². The fourth-order valence-electron chi connectivity index (χ4n) is 2.94. The molecule has 30 heavy (non-hydrogen) atoms. The highest BCUT2D eigenvalue weighted by molar-refractivity contribution is 6.17. The second-order valence-electron chi connectivity index (χ2n) is 6.31. The zero-order valence-corrected chi connectivity index (χ0v) is 15.2. The summed E-state index contributed by atoms with van der Waals surface area (Å²) in [5.41, 5.74) is -0.254. The van der Waals surface area contributed by atoms with Crippen LogP contribution in [0.5, 0.6) is 0 Å². The monoisotopic (exact) mass is 410 g/mol. The average Bonchev–Trinajstić information content (AvgIpc) is 3.08. The topological polar surface area (TPSA) is 71.3 Å². The molecular formula is C22H13F3N2O3. The molecule has 0 aliphatic rings. The van der Waals surface area contributed by atoms with Crippen molar-refractivity contribution >= 4 is 34.2 Å². The van der Waals surface area contributed by atoms with Crippen molar-refractivity contribution in [3.05, 3.63) is 95.5 Å². The molecule has 2 N–H and O–H groups in total. The number of nitrogens with one attached hydrogen (secondary N) is 2. The second kappa shape index (κ2) is 7.75. The van der Waals surface area contributed by atoms with Crippen LogP contribution in [0.25, 0.3) is 11.0 Å². The summed E-state index contributed by atoms with van der Waals surface area (Å²) in [6, 6.07) is 14.5. The quantitative estimate of drug-likeness (QED) is 0.476. The van der Waals surface area contributed by atoms with E-state index < -0.39 is 34.8 Å². The first-order valence-electron chi connectivity index (χ1n) is 8.78. The van der Waals surface area contributed by atoms with Crippen LogP contribution >= 0.6 is 0 Å². The van der Waals surface area contributed by atoms with E-state index in [-0.39, 0.29) is 17.0 Å². The lowest BCUT2D eigenvalue weighted by Crippen LogP contribution is -2.19. The van der Waals surface area contributed by atoms with Crippen LogP contribution in [0.4, 0.5) is 24.5 Å². The molecule has 0 unspecified atom stereocenters. The van der Waals surface area contributed by atoms with E-state index in [1.54, 1.807) is 24.3 Å². The molecule has 0 aliphatic carbocycles. The van der Waals surface area contributed by atoms with Gasteiger partial charge in [-0.15, -0.1) is 0 Å². The fraction of sp³-hybridized carbons (Fsp3) is 0. The summed E-state index contributed by atoms with van der Waals surface area (Å²) in [5, 5.41) is 5.26. The maximum Gasteiger partial charge on any atom is 0.293 e. The van der Waals surface area contributed by atoms with Crippen LogP contribution in [-0.4, -0.2) is 11.8 Å². The predicted molar refractivity (Wildman–Crippen MR) is 105 cm³/mol. The van der Waals surface area contributed by atoms with E-state index in [0.29, 0.717) is 11.1 Å². The second-order valence-corrected chi connectivity index (χ2v) is 6.31. The zero-order valence-electron chi connectivity index (χ0n) is 15.2. The van der Waals surface area contributed by atoms with E-state index in [1.165, 1.54) is 12.1 Å². The minimum atomic E-state index is -1.08. The number of carbonyl (C=O) groups excluding carboxylic acids is 2. The Morgan fingerprint density at radius 3 is 2.10 bits per heavy atom. The molecule has 1 heterocycles. The SMILES string of the molecule is O=C(Nc1ccc(F)cc1)c1oc2ccccc2c1NC(=O)c1c(F)cccc1F. The number of benzene rings is 3. The molecule has 0 spiro atoms. The number of hydrogen-bond donors (Lipinski definition) is 2. The Morgan fingerprint density at radius 1 is 0.733 bits per heavy atom. The molecule has 0 bridgehead atoms. The minimum absolute atomic E-state index is 0.0436. The molecule has 3 aromatic carbocycles. The smallest absolute Gasteiger partial charge is 0.293 e. The van der Waals surface area contributed by atoms with Crippen LogP contribution in [-0.2, 0) is 0 Å². The highest BCUT2D eigenvalue weighted by atomic mass is 19.1. The molecule has 5 nitrogen and oxygen atoms in total. The van der Waals surface area contributed by atoms with Crippen LogP contribution in [0, 0.1) is 17.5 Å². The number of para-hydroxylation sites is 1. The lowest BCUT2D eigenvalue weighted by Gasteiger charge is -2.08. The number of anilines is 2. The van der Waals surface area contributed by atoms with E-state index in [0.717, 1.165) is 30.3 Å². The number of carbonyl (C=O) groups is 2. The first-order valence-corrected chi connectivity index (χ1v) is 8.78. The Morgan fingerprint density at radius 2 is 1.40 bits per heavy atom. The van der Waals surface area contributed by atoms with Gasteiger partial charge in [-0.05, 0) is 48.5 Å². The van der Waals surface area contributed by atoms with Gasteiger partial charge < -0.3 is 15.1 Å². The van der Waals surface area contributed by atoms with Gasteiger partial charge in [-0.3, -0.25) is 9.59 Å². The third-order valence-electron chi connectivity index (χ3n) is 4.33. The third-order valence-corrected chi connectivity index (χ3v) is 4.33. The largest absolute Gasteiger partial charge is 0.449 e. The molecule has 4 rings (SSSR count). The summed E-state index contributed by atoms with van der Waals surface area (Å²) >= 11 is 0. The Balaban J connectivity index is 1.72. The zero-order chi connectivity index (χ0) is 21.3. The Kier molecular flexibility index (Phi) is 4.97. The van der Waals surface area contributed by atoms with Gasteiger partial charge in [-0.2, -0.15) is 0 Å². The number of furan rings is 1. The van der Waals surface area contributed by atoms with Crippen LogP contribution < -0.4 is 10.6 Å². The summed E-state index contributed by atoms with van der Waals surface area (Å²) in [7, 11) is 0. The van der Waals surface area contributed by atoms with Gasteiger partial charge in [-0.1, -0.05) is 18.2 Å². The number of amides is 2. The Bertz CT molecular complexity index is 1250. The maximum atomic E-state index is 14.0. The normalized spacial score (nSPS) is 10.8. The van der Waals surface area contributed by atoms with Crippen molar-refractivity contribution in [1.82, 2.24) is 0 Å². The molecule has 8 heteroatoms. The lowest BCUT2D eigenvalue weighted by molar-refractivity contribution is 0.0999. The Hall–Kier alpha value is -4.07. The molecule has 0 saturated carbocycles. The molecule has 0 fully saturated rings. The van der Waals surface area contributed by atoms with Gasteiger partial charge >= 0.3 is 0 Å². The van der Waals surface area contributed by atoms with Gasteiger partial charge in [0.25, 0.3) is 11.8 Å². The molecule has 0 atom stereocenters. The lowest BCUT2D eigenvalue weighted by atomic mass is 10.1. The highest BCUT2D eigenvalue weighted by Crippen LogP contribution is 2.32. The molecular weight excluding hydrogens is 397 g/mol. The summed E-state index contributed by atoms with van der Waals surface area (Å²) in [4.78, 5) is 25.3. The van der Waals surface area contributed by atoms with E-state index in [1.807, 2.05) is 0 Å². The molecule has 0 radical (unpaired) electrons. The van der Waals surface area contributed by atoms with Crippen LogP contribution in [0.3, 0.4) is 0 Å². The van der Waals surface area contributed by atoms with Gasteiger partial charge in [0.15, 0.2) is 0 Å². The fourth-order valence-corrected chi connectivity index (χ4v) is 2.94. The van der Waals surface area contributed by atoms with Crippen LogP contribution in [0.1, 0.15) is 20.9 Å². The van der Waals surface area contributed by atoms with E-state index in [2.05, 4.69) is 10.6 Å². The minimum Gasteiger partial charge on any atom is -0.449 e. The van der Waals surface area contributed by atoms with Gasteiger partial charge in [0, 0.05) is 11.1 Å². The van der Waals surface area contributed by atoms with E-state index >= 15 is 0 Å². The maximum absolute atomic E-state index is 14.0. The van der Waals surface area contributed by atoms with E-state index in [9.17, 15) is 22.8 Å². The standard InChI is InChI=1S/C22H13F3N2O3/c23-12-8-10-13(11-9-12)26-22(29)20-19(14-4-1-2-7-17(14)30-20)27-21(28)18-15(24)5-3-6-16(18)25/h1-11H,(H,26,29)(H,27,28). The van der Waals surface area contributed by atoms with Crippen molar-refractivity contribution in [3.63, 3.8) is 0 Å². The molecule has 1 aromatic heterocycles. The van der Waals surface area contributed by atoms with Crippen LogP contribution in [0.15, 0.2) is 71.1 Å². The molecule has 2 amide bonds. The average molecular weight is 410 g/mol. The predicted octanol–water partition coefficient (Wildman–Crippen LogP) is 5.35. The highest BCUT2D eigenvalue weighted by Gasteiger charge is 2.25. The number of hydrogen-bond acceptors (Lipinski definition) is 3. The first kappa shape index (κ1) is 19.3. The van der Waals surface area contributed by atoms with Crippen molar-refractivity contribution in [3.8, 4) is 0 Å². The van der Waals surface area contributed by atoms with Crippen molar-refractivity contribution < 1.29 is 27.2 Å². The van der Waals surface area contributed by atoms with Gasteiger partial charge in [-0.25, -0.2) is 13.2 Å². The number of rotatable bonds is 4. The van der Waals surface area contributed by atoms with Crippen LogP contribution in [0.2, 0.25) is 0 Å². The van der Waals surface area contributed by atoms with Crippen molar-refractivity contribution in [1.29, 1.82) is 0 Å². The molecule has 4 aromatic rings. The van der Waals surface area contributed by atoms with Crippen molar-refractivity contribution in [2.45, 2.75) is 0 Å². The molecule has 0 aliphatic heterocycles. The molecule has 0 saturated heterocycles. The van der Waals surface area contributed by atoms with Crippen molar-refractivity contribution in [2.24, 2.45) is 0 Å². The van der Waals surface area contributed by atoms with Crippen molar-refractivity contribution in [2.75, 3.05) is 10.6 Å². The van der Waals surface area contributed by atoms with Gasteiger partial charge in [0.2, 0.25) is 5.76 Å². The first-order chi connectivity index (χ1) is 14.4. The van der Waals surface area contributed by atoms with Gasteiger partial charge in [0.05, 0.1) is 0 Å². The summed E-state index contributed by atoms with van der Waals surface area (Å²) in [5.74, 6) is -4.65. The summed E-state index contributed by atoms with van der Waals surface area (Å²) in [6.07, 6.45) is 0. The summed E-state index contributed by atoms with van der Waals surface area (Å²) in [6.45, 7) is 0.